The molecule has 0 radical (unpaired) electrons. The summed E-state index contributed by atoms with van der Waals surface area (Å²) in [6.45, 7) is 1.93. The first-order valence-electron chi connectivity index (χ1n) is 8.13. The highest BCUT2D eigenvalue weighted by Gasteiger charge is 2.15. The molecule has 0 amide bonds. The van der Waals surface area contributed by atoms with Crippen LogP contribution >= 0.6 is 0 Å². The molecule has 0 fully saturated rings. The fourth-order valence-electron chi connectivity index (χ4n) is 3.19. The lowest BCUT2D eigenvalue weighted by Gasteiger charge is -2.15. The van der Waals surface area contributed by atoms with Crippen LogP contribution < -0.4 is 0 Å². The van der Waals surface area contributed by atoms with Crippen molar-refractivity contribution in [3.8, 4) is 11.1 Å². The molecule has 3 nitrogen and oxygen atoms in total. The molecule has 0 saturated heterocycles. The van der Waals surface area contributed by atoms with Crippen LogP contribution in [-0.2, 0) is 9.84 Å². The largest absolute Gasteiger partial charge is 0.298 e. The molecular formula is C21H20O3S. The fraction of sp³-hybridized carbons (Fsp3) is 0.190. The van der Waals surface area contributed by atoms with E-state index in [1.54, 1.807) is 6.07 Å². The average molecular weight is 352 g/mol. The van der Waals surface area contributed by atoms with Gasteiger partial charge in [0.15, 0.2) is 0 Å². The molecule has 25 heavy (non-hydrogen) atoms. The van der Waals surface area contributed by atoms with Crippen LogP contribution in [0.25, 0.3) is 21.9 Å². The van der Waals surface area contributed by atoms with Gasteiger partial charge in [0.2, 0.25) is 0 Å². The van der Waals surface area contributed by atoms with Gasteiger partial charge in [0, 0.05) is 11.8 Å². The minimum Gasteiger partial charge on any atom is -0.298 e. The standard InChI is InChI=1S/C21H20O3S/c1-15(14-25(2,23)24)19-11-18-7-3-4-9-20(18)21(12-19)17-8-5-6-16(10-17)13-22/h3-13,15H,14H2,1-2H3. The zero-order valence-electron chi connectivity index (χ0n) is 14.3. The number of carbonyl (C=O) groups excluding carboxylic acids is 1. The Morgan fingerprint density at radius 3 is 2.48 bits per heavy atom. The summed E-state index contributed by atoms with van der Waals surface area (Å²) in [4.78, 5) is 11.1. The maximum absolute atomic E-state index is 11.7. The number of benzene rings is 3. The molecule has 0 aromatic heterocycles. The summed E-state index contributed by atoms with van der Waals surface area (Å²) >= 11 is 0. The molecule has 1 unspecified atom stereocenters. The van der Waals surface area contributed by atoms with Crippen LogP contribution in [0.1, 0.15) is 28.8 Å². The number of carbonyl (C=O) groups is 1. The van der Waals surface area contributed by atoms with Gasteiger partial charge in [-0.1, -0.05) is 61.5 Å². The molecular weight excluding hydrogens is 332 g/mol. The number of aldehydes is 1. The maximum atomic E-state index is 11.7. The Morgan fingerprint density at radius 1 is 1.00 bits per heavy atom. The van der Waals surface area contributed by atoms with Crippen LogP contribution in [0.5, 0.6) is 0 Å². The quantitative estimate of drug-likeness (QED) is 0.637. The van der Waals surface area contributed by atoms with Gasteiger partial charge >= 0.3 is 0 Å². The zero-order chi connectivity index (χ0) is 18.0. The zero-order valence-corrected chi connectivity index (χ0v) is 15.1. The van der Waals surface area contributed by atoms with E-state index in [9.17, 15) is 13.2 Å². The third-order valence-corrected chi connectivity index (χ3v) is 5.45. The second-order valence-electron chi connectivity index (χ2n) is 6.53. The third-order valence-electron chi connectivity index (χ3n) is 4.34. The van der Waals surface area contributed by atoms with Crippen LogP contribution in [0.15, 0.2) is 60.7 Å². The maximum Gasteiger partial charge on any atom is 0.150 e. The first-order chi connectivity index (χ1) is 11.9. The summed E-state index contributed by atoms with van der Waals surface area (Å²) in [5.41, 5.74) is 3.57. The van der Waals surface area contributed by atoms with Crippen molar-refractivity contribution in [1.29, 1.82) is 0 Å². The van der Waals surface area contributed by atoms with Crippen LogP contribution in [0.2, 0.25) is 0 Å². The van der Waals surface area contributed by atoms with Crippen molar-refractivity contribution in [2.24, 2.45) is 0 Å². The van der Waals surface area contributed by atoms with E-state index >= 15 is 0 Å². The second-order valence-corrected chi connectivity index (χ2v) is 8.71. The summed E-state index contributed by atoms with van der Waals surface area (Å²) in [5.74, 6) is 0.00621. The van der Waals surface area contributed by atoms with Crippen LogP contribution in [0, 0.1) is 0 Å². The molecule has 0 aliphatic rings. The molecule has 0 aliphatic heterocycles. The van der Waals surface area contributed by atoms with Crippen LogP contribution in [0.4, 0.5) is 0 Å². The molecule has 0 N–H and O–H groups in total. The SMILES string of the molecule is CC(CS(C)(=O)=O)c1cc(-c2cccc(C=O)c2)c2ccccc2c1. The molecule has 4 heteroatoms. The number of hydrogen-bond acceptors (Lipinski definition) is 3. The highest BCUT2D eigenvalue weighted by molar-refractivity contribution is 7.90. The smallest absolute Gasteiger partial charge is 0.150 e. The Bertz CT molecular complexity index is 1040. The van der Waals surface area contributed by atoms with Gasteiger partial charge in [-0.05, 0) is 39.4 Å². The lowest BCUT2D eigenvalue weighted by Crippen LogP contribution is -2.10. The molecule has 1 atom stereocenters. The van der Waals surface area contributed by atoms with E-state index in [0.29, 0.717) is 5.56 Å². The first kappa shape index (κ1) is 17.4. The topological polar surface area (TPSA) is 51.2 Å². The summed E-state index contributed by atoms with van der Waals surface area (Å²) in [6.07, 6.45) is 2.10. The van der Waals surface area contributed by atoms with Crippen molar-refractivity contribution < 1.29 is 13.2 Å². The summed E-state index contributed by atoms with van der Waals surface area (Å²) in [6, 6.07) is 19.6. The second kappa shape index (κ2) is 6.81. The van der Waals surface area contributed by atoms with E-state index in [2.05, 4.69) is 6.07 Å². The van der Waals surface area contributed by atoms with Gasteiger partial charge in [0.05, 0.1) is 5.75 Å². The van der Waals surface area contributed by atoms with Crippen molar-refractivity contribution in [3.05, 3.63) is 71.8 Å². The fourth-order valence-corrected chi connectivity index (χ4v) is 4.29. The summed E-state index contributed by atoms with van der Waals surface area (Å²) in [5, 5.41) is 2.15. The van der Waals surface area contributed by atoms with Crippen molar-refractivity contribution in [2.45, 2.75) is 12.8 Å². The molecule has 0 saturated carbocycles. The molecule has 128 valence electrons. The predicted octanol–water partition coefficient (Wildman–Crippen LogP) is 4.47. The minimum absolute atomic E-state index is 0.104. The predicted molar refractivity (Wildman–Crippen MR) is 103 cm³/mol. The lowest BCUT2D eigenvalue weighted by molar-refractivity contribution is 0.112. The van der Waals surface area contributed by atoms with E-state index in [-0.39, 0.29) is 11.7 Å². The van der Waals surface area contributed by atoms with Gasteiger partial charge in [-0.25, -0.2) is 8.42 Å². The van der Waals surface area contributed by atoms with Crippen LogP contribution in [0.3, 0.4) is 0 Å². The lowest BCUT2D eigenvalue weighted by atomic mass is 9.91. The van der Waals surface area contributed by atoms with Crippen molar-refractivity contribution >= 4 is 26.9 Å². The molecule has 0 aliphatic carbocycles. The summed E-state index contributed by atoms with van der Waals surface area (Å²) < 4.78 is 23.4. The van der Waals surface area contributed by atoms with E-state index in [0.717, 1.165) is 33.7 Å². The Balaban J connectivity index is 2.20. The third kappa shape index (κ3) is 3.97. The Morgan fingerprint density at radius 2 is 1.76 bits per heavy atom. The Kier molecular flexibility index (Phi) is 4.73. The first-order valence-corrected chi connectivity index (χ1v) is 10.2. The van der Waals surface area contributed by atoms with Gasteiger partial charge in [-0.2, -0.15) is 0 Å². The van der Waals surface area contributed by atoms with E-state index < -0.39 is 9.84 Å². The van der Waals surface area contributed by atoms with Gasteiger partial charge in [0.1, 0.15) is 16.1 Å². The Hall–Kier alpha value is -2.46. The van der Waals surface area contributed by atoms with Gasteiger partial charge in [-0.3, -0.25) is 4.79 Å². The number of hydrogen-bond donors (Lipinski definition) is 0. The molecule has 0 spiro atoms. The minimum atomic E-state index is -3.06. The van der Waals surface area contributed by atoms with E-state index in [1.165, 1.54) is 6.26 Å². The highest BCUT2D eigenvalue weighted by Crippen LogP contribution is 2.33. The number of sulfone groups is 1. The van der Waals surface area contributed by atoms with E-state index in [1.807, 2.05) is 55.5 Å². The molecule has 3 aromatic rings. The highest BCUT2D eigenvalue weighted by atomic mass is 32.2. The summed E-state index contributed by atoms with van der Waals surface area (Å²) in [7, 11) is -3.06. The van der Waals surface area contributed by atoms with Gasteiger partial charge < -0.3 is 0 Å². The van der Waals surface area contributed by atoms with Crippen molar-refractivity contribution in [1.82, 2.24) is 0 Å². The van der Waals surface area contributed by atoms with E-state index in [4.69, 9.17) is 0 Å². The molecule has 0 bridgehead atoms. The molecule has 3 rings (SSSR count). The van der Waals surface area contributed by atoms with Crippen molar-refractivity contribution in [2.75, 3.05) is 12.0 Å². The van der Waals surface area contributed by atoms with Crippen LogP contribution in [-0.4, -0.2) is 26.7 Å². The molecule has 3 aromatic carbocycles. The van der Waals surface area contributed by atoms with Crippen molar-refractivity contribution in [3.63, 3.8) is 0 Å². The normalized spacial score (nSPS) is 12.9. The van der Waals surface area contributed by atoms with Gasteiger partial charge in [-0.15, -0.1) is 0 Å². The monoisotopic (exact) mass is 352 g/mol. The Labute approximate surface area is 148 Å². The molecule has 0 heterocycles. The number of rotatable bonds is 5. The average Bonchev–Trinajstić information content (AvgIpc) is 2.59. The number of fused-ring (bicyclic) bond motifs is 1. The van der Waals surface area contributed by atoms with Gasteiger partial charge in [0.25, 0.3) is 0 Å².